The Morgan fingerprint density at radius 3 is 1.74 bits per heavy atom. The molecule has 0 fully saturated rings. The second-order valence-electron chi connectivity index (χ2n) is 3.52. The van der Waals surface area contributed by atoms with Gasteiger partial charge in [-0.25, -0.2) is 4.79 Å². The van der Waals surface area contributed by atoms with Crippen LogP contribution in [0.25, 0.3) is 0 Å². The van der Waals surface area contributed by atoms with Crippen LogP contribution in [-0.2, 0) is 14.3 Å². The zero-order valence-electron chi connectivity index (χ0n) is 10.2. The van der Waals surface area contributed by atoms with Gasteiger partial charge in [0.25, 0.3) is 6.47 Å². The molecule has 2 rings (SSSR count). The quantitative estimate of drug-likeness (QED) is 0.856. The van der Waals surface area contributed by atoms with Crippen LogP contribution in [0.4, 0.5) is 0 Å². The molecule has 0 saturated heterocycles. The van der Waals surface area contributed by atoms with Gasteiger partial charge in [0.2, 0.25) is 6.10 Å². The number of hydrogen-bond acceptors (Lipinski definition) is 3. The molecule has 0 radical (unpaired) electrons. The predicted octanol–water partition coefficient (Wildman–Crippen LogP) is 2.67. The largest absolute Gasteiger partial charge is 0.478 e. The first kappa shape index (κ1) is 14.4. The van der Waals surface area contributed by atoms with Crippen LogP contribution < -0.4 is 0 Å². The van der Waals surface area contributed by atoms with Crippen LogP contribution in [0.15, 0.2) is 66.7 Å². The van der Waals surface area contributed by atoms with Crippen molar-refractivity contribution in [1.82, 2.24) is 0 Å². The maximum Gasteiger partial charge on any atom is 0.349 e. The molecule has 1 unspecified atom stereocenters. The lowest BCUT2D eigenvalue weighted by atomic mass is 10.1. The van der Waals surface area contributed by atoms with Gasteiger partial charge >= 0.3 is 5.97 Å². The van der Waals surface area contributed by atoms with Crippen LogP contribution in [-0.4, -0.2) is 17.5 Å². The molecule has 0 spiro atoms. The molecule has 0 bridgehead atoms. The first-order valence-corrected chi connectivity index (χ1v) is 5.62. The molecule has 0 aromatic heterocycles. The second-order valence-corrected chi connectivity index (χ2v) is 3.52. The minimum absolute atomic E-state index is 0.131. The fraction of sp³-hybridized carbons (Fsp3) is 0.0667. The molecule has 2 aromatic rings. The Morgan fingerprint density at radius 2 is 1.37 bits per heavy atom. The summed E-state index contributed by atoms with van der Waals surface area (Å²) in [5.41, 5.74) is 0.446. The summed E-state index contributed by atoms with van der Waals surface area (Å²) in [4.78, 5) is 20.6. The van der Waals surface area contributed by atoms with Gasteiger partial charge in [-0.1, -0.05) is 66.7 Å². The maximum atomic E-state index is 10.6. The highest BCUT2D eigenvalue weighted by Gasteiger charge is 2.19. The molecule has 1 N–H and O–H groups in total. The van der Waals surface area contributed by atoms with Crippen molar-refractivity contribution in [2.24, 2.45) is 0 Å². The number of carboxylic acids is 1. The highest BCUT2D eigenvalue weighted by molar-refractivity contribution is 5.75. The molecule has 0 amide bonds. The summed E-state index contributed by atoms with van der Waals surface area (Å²) in [6.07, 6.45) is -1.21. The van der Waals surface area contributed by atoms with E-state index in [0.717, 1.165) is 0 Å². The van der Waals surface area contributed by atoms with E-state index in [1.54, 1.807) is 30.3 Å². The fourth-order valence-corrected chi connectivity index (χ4v) is 1.35. The van der Waals surface area contributed by atoms with Crippen molar-refractivity contribution >= 4 is 12.4 Å². The zero-order valence-corrected chi connectivity index (χ0v) is 10.2. The summed E-state index contributed by atoms with van der Waals surface area (Å²) in [7, 11) is 0. The van der Waals surface area contributed by atoms with E-state index in [0.29, 0.717) is 5.56 Å². The van der Waals surface area contributed by atoms with Crippen molar-refractivity contribution in [2.75, 3.05) is 0 Å². The molecular weight excluding hydrogens is 244 g/mol. The van der Waals surface area contributed by atoms with E-state index in [4.69, 9.17) is 5.11 Å². The Labute approximate surface area is 111 Å². The number of hydrogen-bond donors (Lipinski definition) is 1. The van der Waals surface area contributed by atoms with Crippen LogP contribution in [0.5, 0.6) is 0 Å². The molecule has 19 heavy (non-hydrogen) atoms. The average Bonchev–Trinajstić information content (AvgIpc) is 2.48. The normalized spacial score (nSPS) is 10.5. The van der Waals surface area contributed by atoms with E-state index in [-0.39, 0.29) is 6.47 Å². The van der Waals surface area contributed by atoms with E-state index in [2.05, 4.69) is 4.74 Å². The molecule has 0 saturated carbocycles. The molecule has 4 nitrogen and oxygen atoms in total. The van der Waals surface area contributed by atoms with Crippen molar-refractivity contribution in [3.05, 3.63) is 72.3 Å². The van der Waals surface area contributed by atoms with Crippen molar-refractivity contribution in [3.63, 3.8) is 0 Å². The fourth-order valence-electron chi connectivity index (χ4n) is 1.35. The summed E-state index contributed by atoms with van der Waals surface area (Å²) >= 11 is 0. The van der Waals surface area contributed by atoms with Gasteiger partial charge in [-0.3, -0.25) is 4.79 Å². The van der Waals surface area contributed by atoms with E-state index < -0.39 is 12.1 Å². The van der Waals surface area contributed by atoms with E-state index in [1.165, 1.54) is 0 Å². The predicted molar refractivity (Wildman–Crippen MR) is 70.4 cm³/mol. The molecular formula is C15H14O4. The topological polar surface area (TPSA) is 63.6 Å². The van der Waals surface area contributed by atoms with Gasteiger partial charge in [-0.2, -0.15) is 0 Å². The SMILES string of the molecule is O=COC(C(=O)O)c1ccccc1.c1ccccc1. The summed E-state index contributed by atoms with van der Waals surface area (Å²) in [6.45, 7) is 0.131. The van der Waals surface area contributed by atoms with Gasteiger partial charge in [0.1, 0.15) is 0 Å². The molecule has 0 aliphatic rings. The summed E-state index contributed by atoms with van der Waals surface area (Å²) in [5, 5.41) is 8.67. The Kier molecular flexibility index (Phi) is 6.44. The summed E-state index contributed by atoms with van der Waals surface area (Å²) in [5.74, 6) is -1.18. The van der Waals surface area contributed by atoms with E-state index in [9.17, 15) is 9.59 Å². The molecule has 0 heterocycles. The monoisotopic (exact) mass is 258 g/mol. The lowest BCUT2D eigenvalue weighted by Gasteiger charge is -2.09. The highest BCUT2D eigenvalue weighted by atomic mass is 16.5. The standard InChI is InChI=1S/C9H8O4.C6H6/c10-6-13-8(9(11)12)7-4-2-1-3-5-7;1-2-4-6-5-3-1/h1-6,8H,(H,11,12);1-6H. The van der Waals surface area contributed by atoms with Gasteiger partial charge in [0.15, 0.2) is 0 Å². The van der Waals surface area contributed by atoms with Crippen LogP contribution in [0.1, 0.15) is 11.7 Å². The van der Waals surface area contributed by atoms with Crippen molar-refractivity contribution in [3.8, 4) is 0 Å². The van der Waals surface area contributed by atoms with Crippen molar-refractivity contribution in [2.45, 2.75) is 6.10 Å². The number of carboxylic acid groups (broad SMARTS) is 1. The molecule has 2 aromatic carbocycles. The average molecular weight is 258 g/mol. The molecule has 1 atom stereocenters. The van der Waals surface area contributed by atoms with Crippen LogP contribution in [0, 0.1) is 0 Å². The van der Waals surface area contributed by atoms with Crippen LogP contribution in [0.2, 0.25) is 0 Å². The summed E-state index contributed by atoms with van der Waals surface area (Å²) in [6, 6.07) is 20.3. The molecule has 4 heteroatoms. The Bertz CT molecular complexity index is 455. The maximum absolute atomic E-state index is 10.6. The second kappa shape index (κ2) is 8.47. The number of ether oxygens (including phenoxy) is 1. The lowest BCUT2D eigenvalue weighted by Crippen LogP contribution is -2.14. The van der Waals surface area contributed by atoms with Crippen molar-refractivity contribution < 1.29 is 19.4 Å². The van der Waals surface area contributed by atoms with Crippen LogP contribution in [0.3, 0.4) is 0 Å². The third kappa shape index (κ3) is 5.50. The minimum Gasteiger partial charge on any atom is -0.478 e. The number of benzene rings is 2. The Balaban J connectivity index is 0.000000250. The number of carbonyl (C=O) groups excluding carboxylic acids is 1. The smallest absolute Gasteiger partial charge is 0.349 e. The van der Waals surface area contributed by atoms with Gasteiger partial charge in [0, 0.05) is 5.56 Å². The first-order valence-electron chi connectivity index (χ1n) is 5.62. The number of rotatable bonds is 4. The number of carbonyl (C=O) groups is 2. The summed E-state index contributed by atoms with van der Waals surface area (Å²) < 4.78 is 4.41. The van der Waals surface area contributed by atoms with Crippen molar-refractivity contribution in [1.29, 1.82) is 0 Å². The lowest BCUT2D eigenvalue weighted by molar-refractivity contribution is -0.156. The van der Waals surface area contributed by atoms with Gasteiger partial charge in [-0.05, 0) is 0 Å². The minimum atomic E-state index is -1.21. The van der Waals surface area contributed by atoms with E-state index in [1.807, 2.05) is 36.4 Å². The van der Waals surface area contributed by atoms with E-state index >= 15 is 0 Å². The third-order valence-electron chi connectivity index (χ3n) is 2.18. The molecule has 98 valence electrons. The Morgan fingerprint density at radius 1 is 0.947 bits per heavy atom. The molecule has 0 aliphatic heterocycles. The third-order valence-corrected chi connectivity index (χ3v) is 2.18. The van der Waals surface area contributed by atoms with Gasteiger partial charge in [0.05, 0.1) is 0 Å². The van der Waals surface area contributed by atoms with Crippen LogP contribution >= 0.6 is 0 Å². The number of aliphatic carboxylic acids is 1. The first-order chi connectivity index (χ1) is 9.25. The van der Waals surface area contributed by atoms with Gasteiger partial charge in [-0.15, -0.1) is 0 Å². The molecule has 0 aliphatic carbocycles. The van der Waals surface area contributed by atoms with Gasteiger partial charge < -0.3 is 9.84 Å². The highest BCUT2D eigenvalue weighted by Crippen LogP contribution is 2.15. The zero-order chi connectivity index (χ0) is 13.9. The Hall–Kier alpha value is -2.62.